The molecule has 1 aliphatic heterocycles. The number of benzene rings is 3. The minimum absolute atomic E-state index is 0.0752. The fourth-order valence-corrected chi connectivity index (χ4v) is 4.58. The summed E-state index contributed by atoms with van der Waals surface area (Å²) < 4.78 is 20.1. The molecule has 0 bridgehead atoms. The third-order valence-corrected chi connectivity index (χ3v) is 6.54. The van der Waals surface area contributed by atoms with Gasteiger partial charge in [0, 0.05) is 12.0 Å². The summed E-state index contributed by atoms with van der Waals surface area (Å²) in [5.74, 6) is 1.10. The van der Waals surface area contributed by atoms with Gasteiger partial charge in [-0.25, -0.2) is 9.37 Å². The quantitative estimate of drug-likeness (QED) is 0.240. The highest BCUT2D eigenvalue weighted by molar-refractivity contribution is 8.00. The van der Waals surface area contributed by atoms with Crippen LogP contribution in [0.1, 0.15) is 22.3 Å². The van der Waals surface area contributed by atoms with E-state index >= 15 is 0 Å². The van der Waals surface area contributed by atoms with E-state index in [-0.39, 0.29) is 17.3 Å². The van der Waals surface area contributed by atoms with Crippen LogP contribution < -0.4 is 10.1 Å². The second-order valence-corrected chi connectivity index (χ2v) is 9.17. The zero-order valence-corrected chi connectivity index (χ0v) is 19.6. The maximum Gasteiger partial charge on any atom is 0.234 e. The van der Waals surface area contributed by atoms with Gasteiger partial charge in [-0.3, -0.25) is 4.79 Å². The van der Waals surface area contributed by atoms with E-state index in [0.29, 0.717) is 23.2 Å². The summed E-state index contributed by atoms with van der Waals surface area (Å²) in [7, 11) is 0. The van der Waals surface area contributed by atoms with Gasteiger partial charge in [-0.1, -0.05) is 71.4 Å². The molecule has 0 saturated carbocycles. The molecule has 1 amide bonds. The highest BCUT2D eigenvalue weighted by Crippen LogP contribution is 2.40. The molecular formula is C27H22FN3O2S. The number of ether oxygens (including phenoxy) is 1. The fraction of sp³-hybridized carbons (Fsp3) is 0.148. The SMILES string of the molecule is Cc1ccc(-c2nc3c(c(SCC(=O)Nc4ccccc4F)n2)Cc2cc(C)ccc2O3)cc1. The van der Waals surface area contributed by atoms with Gasteiger partial charge in [-0.2, -0.15) is 4.98 Å². The molecular weight excluding hydrogens is 449 g/mol. The summed E-state index contributed by atoms with van der Waals surface area (Å²) in [6.45, 7) is 4.06. The van der Waals surface area contributed by atoms with Crippen molar-refractivity contribution in [1.82, 2.24) is 9.97 Å². The first-order valence-corrected chi connectivity index (χ1v) is 11.9. The van der Waals surface area contributed by atoms with Gasteiger partial charge in [0.15, 0.2) is 5.82 Å². The van der Waals surface area contributed by atoms with E-state index in [0.717, 1.165) is 33.6 Å². The van der Waals surface area contributed by atoms with Crippen LogP contribution >= 0.6 is 11.8 Å². The molecule has 34 heavy (non-hydrogen) atoms. The van der Waals surface area contributed by atoms with Crippen LogP contribution in [0.2, 0.25) is 0 Å². The molecule has 0 aliphatic carbocycles. The third-order valence-electron chi connectivity index (χ3n) is 5.52. The Hall–Kier alpha value is -3.71. The first-order chi connectivity index (χ1) is 16.5. The van der Waals surface area contributed by atoms with Crippen molar-refractivity contribution in [3.8, 4) is 23.0 Å². The number of nitrogens with one attached hydrogen (secondary N) is 1. The highest BCUT2D eigenvalue weighted by atomic mass is 32.2. The Bertz CT molecular complexity index is 1390. The first-order valence-electron chi connectivity index (χ1n) is 10.9. The van der Waals surface area contributed by atoms with Crippen LogP contribution in [0.25, 0.3) is 11.4 Å². The van der Waals surface area contributed by atoms with Crippen molar-refractivity contribution in [3.63, 3.8) is 0 Å². The number of carbonyl (C=O) groups is 1. The molecule has 4 aromatic rings. The minimum atomic E-state index is -0.470. The number of hydrogen-bond donors (Lipinski definition) is 1. The van der Waals surface area contributed by atoms with Crippen LogP contribution in [0.15, 0.2) is 71.8 Å². The van der Waals surface area contributed by atoms with Gasteiger partial charge in [0.2, 0.25) is 11.8 Å². The molecule has 5 rings (SSSR count). The Balaban J connectivity index is 1.46. The number of para-hydroxylation sites is 1. The molecule has 0 fully saturated rings. The third kappa shape index (κ3) is 4.65. The summed E-state index contributed by atoms with van der Waals surface area (Å²) >= 11 is 1.29. The number of aromatic nitrogens is 2. The number of aryl methyl sites for hydroxylation is 2. The summed E-state index contributed by atoms with van der Waals surface area (Å²) in [6, 6.07) is 20.1. The van der Waals surface area contributed by atoms with Crippen LogP contribution in [0.4, 0.5) is 10.1 Å². The maximum atomic E-state index is 13.9. The Labute approximate surface area is 201 Å². The van der Waals surface area contributed by atoms with Gasteiger partial charge in [0.05, 0.1) is 17.0 Å². The van der Waals surface area contributed by atoms with E-state index < -0.39 is 5.82 Å². The standard InChI is InChI=1S/C27H22FN3O2S/c1-16-7-10-18(11-8-16)25-30-26-20(14-19-13-17(2)9-12-23(19)33-26)27(31-25)34-15-24(32)29-22-6-4-3-5-21(22)28/h3-13H,14-15H2,1-2H3,(H,29,32). The van der Waals surface area contributed by atoms with Gasteiger partial charge in [0.25, 0.3) is 0 Å². The predicted molar refractivity (Wildman–Crippen MR) is 132 cm³/mol. The van der Waals surface area contributed by atoms with Crippen LogP contribution in [-0.4, -0.2) is 21.6 Å². The minimum Gasteiger partial charge on any atom is -0.438 e. The maximum absolute atomic E-state index is 13.9. The Morgan fingerprint density at radius 1 is 1.03 bits per heavy atom. The molecule has 5 nitrogen and oxygen atoms in total. The second-order valence-electron chi connectivity index (χ2n) is 8.21. The number of carbonyl (C=O) groups excluding carboxylic acids is 1. The molecule has 2 heterocycles. The molecule has 1 aliphatic rings. The van der Waals surface area contributed by atoms with Gasteiger partial charge in [-0.05, 0) is 37.6 Å². The monoisotopic (exact) mass is 471 g/mol. The smallest absolute Gasteiger partial charge is 0.234 e. The molecule has 1 aromatic heterocycles. The molecule has 0 spiro atoms. The molecule has 170 valence electrons. The fourth-order valence-electron chi connectivity index (χ4n) is 3.75. The van der Waals surface area contributed by atoms with Gasteiger partial charge >= 0.3 is 0 Å². The lowest BCUT2D eigenvalue weighted by atomic mass is 10.0. The number of halogens is 1. The van der Waals surface area contributed by atoms with Crippen molar-refractivity contribution >= 4 is 23.4 Å². The van der Waals surface area contributed by atoms with E-state index in [1.807, 2.05) is 50.2 Å². The molecule has 0 saturated heterocycles. The van der Waals surface area contributed by atoms with Crippen molar-refractivity contribution in [2.24, 2.45) is 0 Å². The molecule has 0 atom stereocenters. The Morgan fingerprint density at radius 3 is 2.59 bits per heavy atom. The first kappa shape index (κ1) is 22.1. The normalized spacial score (nSPS) is 11.9. The summed E-state index contributed by atoms with van der Waals surface area (Å²) in [5.41, 5.74) is 5.20. The number of nitrogens with zero attached hydrogens (tertiary/aromatic N) is 2. The predicted octanol–water partition coefficient (Wildman–Crippen LogP) is 6.33. The molecule has 3 aromatic carbocycles. The number of thioether (sulfide) groups is 1. The lowest BCUT2D eigenvalue weighted by Gasteiger charge is -2.22. The number of anilines is 1. The highest BCUT2D eigenvalue weighted by Gasteiger charge is 2.25. The van der Waals surface area contributed by atoms with Gasteiger partial charge in [0.1, 0.15) is 16.6 Å². The Morgan fingerprint density at radius 2 is 1.79 bits per heavy atom. The summed E-state index contributed by atoms with van der Waals surface area (Å²) in [5, 5.41) is 3.30. The van der Waals surface area contributed by atoms with Crippen LogP contribution in [0.5, 0.6) is 11.6 Å². The largest absolute Gasteiger partial charge is 0.438 e. The summed E-state index contributed by atoms with van der Waals surface area (Å²) in [6.07, 6.45) is 0.609. The molecule has 0 unspecified atom stereocenters. The van der Waals surface area contributed by atoms with Crippen LogP contribution in [-0.2, 0) is 11.2 Å². The summed E-state index contributed by atoms with van der Waals surface area (Å²) in [4.78, 5) is 22.1. The van der Waals surface area contributed by atoms with Crippen molar-refractivity contribution in [2.45, 2.75) is 25.3 Å². The zero-order valence-electron chi connectivity index (χ0n) is 18.8. The van der Waals surface area contributed by atoms with Gasteiger partial charge < -0.3 is 10.1 Å². The molecule has 0 radical (unpaired) electrons. The number of hydrogen-bond acceptors (Lipinski definition) is 5. The topological polar surface area (TPSA) is 64.1 Å². The number of amides is 1. The van der Waals surface area contributed by atoms with E-state index in [4.69, 9.17) is 14.7 Å². The van der Waals surface area contributed by atoms with Crippen molar-refractivity contribution in [1.29, 1.82) is 0 Å². The lowest BCUT2D eigenvalue weighted by molar-refractivity contribution is -0.113. The van der Waals surface area contributed by atoms with E-state index in [1.165, 1.54) is 23.9 Å². The van der Waals surface area contributed by atoms with Crippen molar-refractivity contribution in [3.05, 3.63) is 94.8 Å². The van der Waals surface area contributed by atoms with E-state index in [2.05, 4.69) is 11.4 Å². The number of rotatable bonds is 5. The van der Waals surface area contributed by atoms with Crippen LogP contribution in [0, 0.1) is 19.7 Å². The zero-order chi connectivity index (χ0) is 23.7. The van der Waals surface area contributed by atoms with Crippen molar-refractivity contribution in [2.75, 3.05) is 11.1 Å². The van der Waals surface area contributed by atoms with E-state index in [1.54, 1.807) is 12.1 Å². The Kier molecular flexibility index (Phi) is 6.02. The average molecular weight is 472 g/mol. The average Bonchev–Trinajstić information content (AvgIpc) is 2.83. The van der Waals surface area contributed by atoms with Crippen LogP contribution in [0.3, 0.4) is 0 Å². The molecule has 1 N–H and O–H groups in total. The second kappa shape index (κ2) is 9.27. The van der Waals surface area contributed by atoms with Gasteiger partial charge in [-0.15, -0.1) is 0 Å². The lowest BCUT2D eigenvalue weighted by Crippen LogP contribution is -2.16. The number of fused-ring (bicyclic) bond motifs is 2. The molecule has 7 heteroatoms. The van der Waals surface area contributed by atoms with E-state index in [9.17, 15) is 9.18 Å². The van der Waals surface area contributed by atoms with Crippen molar-refractivity contribution < 1.29 is 13.9 Å².